The van der Waals surface area contributed by atoms with E-state index in [1.54, 1.807) is 12.1 Å². The van der Waals surface area contributed by atoms with Crippen LogP contribution in [0.2, 0.25) is 5.02 Å². The van der Waals surface area contributed by atoms with Gasteiger partial charge >= 0.3 is 0 Å². The predicted octanol–water partition coefficient (Wildman–Crippen LogP) is 4.80. The van der Waals surface area contributed by atoms with Gasteiger partial charge in [0.1, 0.15) is 5.82 Å². The van der Waals surface area contributed by atoms with E-state index in [2.05, 4.69) is 21.2 Å². The normalized spacial score (nSPS) is 10.3. The first kappa shape index (κ1) is 14.0. The third-order valence-electron chi connectivity index (χ3n) is 2.49. The number of hydrogen-bond donors (Lipinski definition) is 1. The smallest absolute Gasteiger partial charge is 0.260 e. The molecular weight excluding hydrogens is 333 g/mol. The fourth-order valence-corrected chi connectivity index (χ4v) is 2.57. The molecule has 98 valence electrons. The third kappa shape index (κ3) is 3.33. The molecule has 0 aliphatic rings. The van der Waals surface area contributed by atoms with Crippen LogP contribution in [0, 0.1) is 12.7 Å². The molecule has 1 amide bonds. The van der Waals surface area contributed by atoms with E-state index in [-0.39, 0.29) is 10.6 Å². The zero-order chi connectivity index (χ0) is 14.0. The number of benzene rings is 2. The first-order chi connectivity index (χ1) is 8.97. The second-order valence-corrected chi connectivity index (χ2v) is 5.39. The van der Waals surface area contributed by atoms with E-state index < -0.39 is 11.7 Å². The molecule has 0 atom stereocenters. The average Bonchev–Trinajstić information content (AvgIpc) is 2.26. The number of hydrogen-bond acceptors (Lipinski definition) is 1. The van der Waals surface area contributed by atoms with Gasteiger partial charge < -0.3 is 5.32 Å². The van der Waals surface area contributed by atoms with Crippen molar-refractivity contribution in [1.29, 1.82) is 0 Å². The minimum Gasteiger partial charge on any atom is -0.322 e. The summed E-state index contributed by atoms with van der Waals surface area (Å²) in [5, 5.41) is 2.72. The predicted molar refractivity (Wildman–Crippen MR) is 78.2 cm³/mol. The van der Waals surface area contributed by atoms with Crippen molar-refractivity contribution in [3.8, 4) is 0 Å². The summed E-state index contributed by atoms with van der Waals surface area (Å²) in [5.41, 5.74) is 1.40. The number of carbonyl (C=O) groups excluding carboxylic acids is 1. The fraction of sp³-hybridized carbons (Fsp3) is 0.0714. The Hall–Kier alpha value is -1.39. The molecule has 0 saturated heterocycles. The van der Waals surface area contributed by atoms with Crippen LogP contribution < -0.4 is 5.32 Å². The lowest BCUT2D eigenvalue weighted by Gasteiger charge is -2.09. The molecule has 0 saturated carbocycles. The van der Waals surface area contributed by atoms with Crippen molar-refractivity contribution in [3.05, 3.63) is 62.8 Å². The van der Waals surface area contributed by atoms with Crippen molar-refractivity contribution in [2.75, 3.05) is 5.32 Å². The molecule has 0 aliphatic carbocycles. The van der Waals surface area contributed by atoms with Crippen molar-refractivity contribution in [1.82, 2.24) is 0 Å². The lowest BCUT2D eigenvalue weighted by molar-refractivity contribution is 0.102. The maximum atomic E-state index is 13.6. The molecule has 0 radical (unpaired) electrons. The van der Waals surface area contributed by atoms with Gasteiger partial charge in [0.05, 0.1) is 10.6 Å². The van der Waals surface area contributed by atoms with Gasteiger partial charge in [-0.15, -0.1) is 0 Å². The van der Waals surface area contributed by atoms with Crippen LogP contribution in [0.5, 0.6) is 0 Å². The first-order valence-electron chi connectivity index (χ1n) is 5.50. The third-order valence-corrected chi connectivity index (χ3v) is 3.26. The Bertz CT molecular complexity index is 605. The Kier molecular flexibility index (Phi) is 4.22. The summed E-state index contributed by atoms with van der Waals surface area (Å²) >= 11 is 9.18. The highest BCUT2D eigenvalue weighted by Crippen LogP contribution is 2.23. The summed E-state index contributed by atoms with van der Waals surface area (Å²) in [6, 6.07) is 9.57. The molecule has 1 N–H and O–H groups in total. The molecule has 0 aromatic heterocycles. The Morgan fingerprint density at radius 2 is 2.05 bits per heavy atom. The minimum absolute atomic E-state index is 0.0872. The van der Waals surface area contributed by atoms with Crippen molar-refractivity contribution < 1.29 is 9.18 Å². The molecule has 2 aromatic rings. The number of nitrogens with one attached hydrogen (secondary N) is 1. The summed E-state index contributed by atoms with van der Waals surface area (Å²) in [6.07, 6.45) is 0. The van der Waals surface area contributed by atoms with Gasteiger partial charge in [0, 0.05) is 10.2 Å². The minimum atomic E-state index is -0.642. The van der Waals surface area contributed by atoms with Crippen LogP contribution in [0.25, 0.3) is 0 Å². The molecule has 2 aromatic carbocycles. The van der Waals surface area contributed by atoms with Gasteiger partial charge in [0.25, 0.3) is 5.91 Å². The standard InChI is InChI=1S/C14H10BrClFNO/c1-8-5-9(15)7-10(6-8)18-14(19)13-11(16)3-2-4-12(13)17/h2-7H,1H3,(H,18,19). The quantitative estimate of drug-likeness (QED) is 0.834. The van der Waals surface area contributed by atoms with Crippen molar-refractivity contribution in [2.45, 2.75) is 6.92 Å². The highest BCUT2D eigenvalue weighted by Gasteiger charge is 2.15. The van der Waals surface area contributed by atoms with Crippen LogP contribution in [-0.2, 0) is 0 Å². The topological polar surface area (TPSA) is 29.1 Å². The lowest BCUT2D eigenvalue weighted by atomic mass is 10.1. The number of halogens is 3. The number of amides is 1. The monoisotopic (exact) mass is 341 g/mol. The van der Waals surface area contributed by atoms with Crippen LogP contribution in [0.15, 0.2) is 40.9 Å². The molecule has 0 aliphatic heterocycles. The Labute approximate surface area is 123 Å². The van der Waals surface area contributed by atoms with Crippen LogP contribution >= 0.6 is 27.5 Å². The van der Waals surface area contributed by atoms with Crippen LogP contribution in [-0.4, -0.2) is 5.91 Å². The second kappa shape index (κ2) is 5.72. The van der Waals surface area contributed by atoms with Gasteiger partial charge in [-0.3, -0.25) is 4.79 Å². The molecule has 0 spiro atoms. The van der Waals surface area contributed by atoms with Crippen molar-refractivity contribution >= 4 is 39.1 Å². The molecular formula is C14H10BrClFNO. The average molecular weight is 343 g/mol. The summed E-state index contributed by atoms with van der Waals surface area (Å²) < 4.78 is 14.4. The molecule has 2 rings (SSSR count). The molecule has 0 bridgehead atoms. The van der Waals surface area contributed by atoms with Crippen molar-refractivity contribution in [2.24, 2.45) is 0 Å². The van der Waals surface area contributed by atoms with Gasteiger partial charge in [0.15, 0.2) is 0 Å². The van der Waals surface area contributed by atoms with E-state index in [0.717, 1.165) is 10.0 Å². The molecule has 0 fully saturated rings. The highest BCUT2D eigenvalue weighted by molar-refractivity contribution is 9.10. The SMILES string of the molecule is Cc1cc(Br)cc(NC(=O)c2c(F)cccc2Cl)c1. The highest BCUT2D eigenvalue weighted by atomic mass is 79.9. The molecule has 2 nitrogen and oxygen atoms in total. The number of rotatable bonds is 2. The van der Waals surface area contributed by atoms with Crippen molar-refractivity contribution in [3.63, 3.8) is 0 Å². The van der Waals surface area contributed by atoms with Gasteiger partial charge in [0.2, 0.25) is 0 Å². The molecule has 5 heteroatoms. The van der Waals surface area contributed by atoms with Gasteiger partial charge in [-0.1, -0.05) is 33.6 Å². The van der Waals surface area contributed by atoms with E-state index in [4.69, 9.17) is 11.6 Å². The summed E-state index contributed by atoms with van der Waals surface area (Å²) in [5.74, 6) is -1.21. The van der Waals surface area contributed by atoms with E-state index in [0.29, 0.717) is 5.69 Å². The summed E-state index contributed by atoms with van der Waals surface area (Å²) in [4.78, 5) is 12.0. The van der Waals surface area contributed by atoms with Gasteiger partial charge in [-0.2, -0.15) is 0 Å². The second-order valence-electron chi connectivity index (χ2n) is 4.07. The Morgan fingerprint density at radius 3 is 2.68 bits per heavy atom. The lowest BCUT2D eigenvalue weighted by Crippen LogP contribution is -2.14. The van der Waals surface area contributed by atoms with Gasteiger partial charge in [-0.25, -0.2) is 4.39 Å². The van der Waals surface area contributed by atoms with Crippen LogP contribution in [0.1, 0.15) is 15.9 Å². The van der Waals surface area contributed by atoms with E-state index >= 15 is 0 Å². The number of aryl methyl sites for hydroxylation is 1. The largest absolute Gasteiger partial charge is 0.322 e. The zero-order valence-corrected chi connectivity index (χ0v) is 12.3. The Morgan fingerprint density at radius 1 is 1.32 bits per heavy atom. The van der Waals surface area contributed by atoms with Crippen LogP contribution in [0.3, 0.4) is 0 Å². The fourth-order valence-electron chi connectivity index (χ4n) is 1.72. The zero-order valence-electron chi connectivity index (χ0n) is 10.0. The number of anilines is 1. The first-order valence-corrected chi connectivity index (χ1v) is 6.67. The molecule has 19 heavy (non-hydrogen) atoms. The number of carbonyl (C=O) groups is 1. The molecule has 0 unspecified atom stereocenters. The summed E-state index contributed by atoms with van der Waals surface area (Å²) in [6.45, 7) is 1.90. The van der Waals surface area contributed by atoms with Gasteiger partial charge in [-0.05, 0) is 42.8 Å². The molecule has 0 heterocycles. The van der Waals surface area contributed by atoms with E-state index in [9.17, 15) is 9.18 Å². The van der Waals surface area contributed by atoms with E-state index in [1.807, 2.05) is 13.0 Å². The Balaban J connectivity index is 2.31. The van der Waals surface area contributed by atoms with E-state index in [1.165, 1.54) is 18.2 Å². The maximum Gasteiger partial charge on any atom is 0.260 e. The summed E-state index contributed by atoms with van der Waals surface area (Å²) in [7, 11) is 0. The van der Waals surface area contributed by atoms with Crippen LogP contribution in [0.4, 0.5) is 10.1 Å². The maximum absolute atomic E-state index is 13.6.